The van der Waals surface area contributed by atoms with E-state index in [0.29, 0.717) is 5.56 Å². The fraction of sp³-hybridized carbons (Fsp3) is 0.0312. The molecule has 5 aromatic rings. The van der Waals surface area contributed by atoms with Crippen molar-refractivity contribution < 1.29 is 4.79 Å². The number of fused-ring (bicyclic) bond motifs is 1. The second-order valence-corrected chi connectivity index (χ2v) is 8.60. The molecule has 0 saturated carbocycles. The van der Waals surface area contributed by atoms with E-state index < -0.39 is 0 Å². The van der Waals surface area contributed by atoms with Crippen LogP contribution in [0.4, 0.5) is 17.1 Å². The fourth-order valence-corrected chi connectivity index (χ4v) is 4.84. The molecule has 1 unspecified atom stereocenters. The Morgan fingerprint density at radius 1 is 0.457 bits per heavy atom. The highest BCUT2D eigenvalue weighted by Crippen LogP contribution is 2.45. The van der Waals surface area contributed by atoms with Crippen molar-refractivity contribution >= 4 is 23.0 Å². The Balaban J connectivity index is 1.56. The molecule has 0 aliphatic carbocycles. The van der Waals surface area contributed by atoms with Gasteiger partial charge >= 0.3 is 0 Å². The van der Waals surface area contributed by atoms with E-state index in [2.05, 4.69) is 53.4 Å². The van der Waals surface area contributed by atoms with Crippen LogP contribution < -0.4 is 9.80 Å². The molecular weight excluding hydrogens is 428 g/mol. The van der Waals surface area contributed by atoms with Gasteiger partial charge in [-0.3, -0.25) is 9.69 Å². The SMILES string of the molecule is O=C1c2ccccc2N(c2ccccc2)C(c2ccc(-c3ccccc3)cc2)N1c1ccccc1. The normalized spacial score (nSPS) is 15.1. The van der Waals surface area contributed by atoms with Gasteiger partial charge in [0.1, 0.15) is 6.17 Å². The number of para-hydroxylation sites is 3. The number of hydrogen-bond donors (Lipinski definition) is 0. The van der Waals surface area contributed by atoms with E-state index in [1.54, 1.807) is 0 Å². The Labute approximate surface area is 205 Å². The number of nitrogens with zero attached hydrogens (tertiary/aromatic N) is 2. The molecule has 1 aliphatic heterocycles. The maximum Gasteiger partial charge on any atom is 0.262 e. The van der Waals surface area contributed by atoms with Gasteiger partial charge in [0.25, 0.3) is 5.91 Å². The molecule has 6 rings (SSSR count). The van der Waals surface area contributed by atoms with Crippen LogP contribution in [-0.4, -0.2) is 5.91 Å². The lowest BCUT2D eigenvalue weighted by atomic mass is 9.97. The molecule has 35 heavy (non-hydrogen) atoms. The van der Waals surface area contributed by atoms with Gasteiger partial charge in [-0.2, -0.15) is 0 Å². The molecule has 0 bridgehead atoms. The third-order valence-electron chi connectivity index (χ3n) is 6.49. The lowest BCUT2D eigenvalue weighted by Crippen LogP contribution is -2.47. The smallest absolute Gasteiger partial charge is 0.262 e. The van der Waals surface area contributed by atoms with Crippen molar-refractivity contribution in [2.24, 2.45) is 0 Å². The van der Waals surface area contributed by atoms with Crippen LogP contribution in [0, 0.1) is 0 Å². The van der Waals surface area contributed by atoms with Crippen LogP contribution in [0.2, 0.25) is 0 Å². The van der Waals surface area contributed by atoms with E-state index in [0.717, 1.165) is 28.2 Å². The number of carbonyl (C=O) groups is 1. The molecule has 5 aromatic carbocycles. The number of anilines is 3. The maximum atomic E-state index is 14.0. The summed E-state index contributed by atoms with van der Waals surface area (Å²) >= 11 is 0. The summed E-state index contributed by atoms with van der Waals surface area (Å²) in [6.07, 6.45) is -0.341. The first-order valence-corrected chi connectivity index (χ1v) is 11.8. The van der Waals surface area contributed by atoms with Crippen molar-refractivity contribution in [3.8, 4) is 11.1 Å². The molecule has 0 saturated heterocycles. The molecule has 0 N–H and O–H groups in total. The van der Waals surface area contributed by atoms with E-state index in [1.807, 2.05) is 95.9 Å². The number of hydrogen-bond acceptors (Lipinski definition) is 2. The van der Waals surface area contributed by atoms with Gasteiger partial charge in [0.2, 0.25) is 0 Å². The molecule has 1 aliphatic rings. The van der Waals surface area contributed by atoms with Crippen LogP contribution in [0.25, 0.3) is 11.1 Å². The second-order valence-electron chi connectivity index (χ2n) is 8.60. The molecule has 0 spiro atoms. The van der Waals surface area contributed by atoms with Gasteiger partial charge in [-0.15, -0.1) is 0 Å². The Kier molecular flexibility index (Phi) is 5.36. The summed E-state index contributed by atoms with van der Waals surface area (Å²) in [6.45, 7) is 0. The van der Waals surface area contributed by atoms with E-state index in [4.69, 9.17) is 0 Å². The van der Waals surface area contributed by atoms with Crippen LogP contribution in [-0.2, 0) is 0 Å². The fourth-order valence-electron chi connectivity index (χ4n) is 4.84. The summed E-state index contributed by atoms with van der Waals surface area (Å²) < 4.78 is 0. The van der Waals surface area contributed by atoms with Gasteiger partial charge in [0.15, 0.2) is 0 Å². The van der Waals surface area contributed by atoms with E-state index in [-0.39, 0.29) is 12.1 Å². The molecule has 3 nitrogen and oxygen atoms in total. The maximum absolute atomic E-state index is 14.0. The molecule has 0 aromatic heterocycles. The van der Waals surface area contributed by atoms with Crippen LogP contribution in [0.3, 0.4) is 0 Å². The summed E-state index contributed by atoms with van der Waals surface area (Å²) in [5, 5.41) is 0. The highest BCUT2D eigenvalue weighted by atomic mass is 16.2. The van der Waals surface area contributed by atoms with Gasteiger partial charge in [0, 0.05) is 11.4 Å². The standard InChI is InChI=1S/C32H24N2O/c35-32-29-18-10-11-19-30(29)33(27-14-6-2-7-15-27)31(34(32)28-16-8-3-9-17-28)26-22-20-25(21-23-26)24-12-4-1-5-13-24/h1-23,31H. The minimum absolute atomic E-state index is 0.00360. The van der Waals surface area contributed by atoms with Gasteiger partial charge in [-0.1, -0.05) is 103 Å². The van der Waals surface area contributed by atoms with E-state index in [9.17, 15) is 4.79 Å². The Morgan fingerprint density at radius 2 is 0.943 bits per heavy atom. The van der Waals surface area contributed by atoms with Gasteiger partial charge in [-0.05, 0) is 53.1 Å². The zero-order valence-electron chi connectivity index (χ0n) is 19.2. The largest absolute Gasteiger partial charge is 0.315 e. The Hall–Kier alpha value is -4.63. The number of amides is 1. The Bertz CT molecular complexity index is 1450. The van der Waals surface area contributed by atoms with Crippen molar-refractivity contribution in [3.05, 3.63) is 151 Å². The zero-order valence-corrected chi connectivity index (χ0v) is 19.2. The zero-order chi connectivity index (χ0) is 23.6. The quantitative estimate of drug-likeness (QED) is 0.277. The second kappa shape index (κ2) is 8.96. The van der Waals surface area contributed by atoms with E-state index >= 15 is 0 Å². The summed E-state index contributed by atoms with van der Waals surface area (Å²) in [6, 6.07) is 47.0. The van der Waals surface area contributed by atoms with Crippen molar-refractivity contribution in [2.75, 3.05) is 9.80 Å². The molecule has 1 amide bonds. The molecule has 168 valence electrons. The highest BCUT2D eigenvalue weighted by molar-refractivity contribution is 6.13. The average molecular weight is 453 g/mol. The molecule has 0 radical (unpaired) electrons. The number of benzene rings is 5. The lowest BCUT2D eigenvalue weighted by molar-refractivity contribution is 0.0971. The molecular formula is C32H24N2O. The lowest BCUT2D eigenvalue weighted by Gasteiger charge is -2.45. The van der Waals surface area contributed by atoms with Crippen LogP contribution in [0.1, 0.15) is 22.1 Å². The monoisotopic (exact) mass is 452 g/mol. The summed E-state index contributed by atoms with van der Waals surface area (Å²) in [7, 11) is 0. The minimum Gasteiger partial charge on any atom is -0.315 e. The topological polar surface area (TPSA) is 23.6 Å². The van der Waals surface area contributed by atoms with Gasteiger partial charge < -0.3 is 4.90 Å². The van der Waals surface area contributed by atoms with Crippen molar-refractivity contribution in [1.29, 1.82) is 0 Å². The highest BCUT2D eigenvalue weighted by Gasteiger charge is 2.40. The first kappa shape index (κ1) is 20.9. The first-order valence-electron chi connectivity index (χ1n) is 11.8. The Morgan fingerprint density at radius 3 is 1.57 bits per heavy atom. The number of rotatable bonds is 4. The van der Waals surface area contributed by atoms with Crippen molar-refractivity contribution in [1.82, 2.24) is 0 Å². The molecule has 0 fully saturated rings. The minimum atomic E-state index is -0.341. The van der Waals surface area contributed by atoms with Crippen LogP contribution in [0.5, 0.6) is 0 Å². The van der Waals surface area contributed by atoms with Gasteiger partial charge in [0.05, 0.1) is 11.3 Å². The molecule has 1 atom stereocenters. The number of carbonyl (C=O) groups excluding carboxylic acids is 1. The third kappa shape index (κ3) is 3.77. The molecule has 3 heteroatoms. The average Bonchev–Trinajstić information content (AvgIpc) is 2.94. The predicted molar refractivity (Wildman–Crippen MR) is 143 cm³/mol. The van der Waals surface area contributed by atoms with Crippen LogP contribution >= 0.6 is 0 Å². The van der Waals surface area contributed by atoms with E-state index in [1.165, 1.54) is 5.56 Å². The summed E-state index contributed by atoms with van der Waals surface area (Å²) in [5.74, 6) is -0.00360. The predicted octanol–water partition coefficient (Wildman–Crippen LogP) is 7.85. The van der Waals surface area contributed by atoms with Crippen molar-refractivity contribution in [3.63, 3.8) is 0 Å². The summed E-state index contributed by atoms with van der Waals surface area (Å²) in [5.41, 5.74) is 6.86. The third-order valence-corrected chi connectivity index (χ3v) is 6.49. The summed E-state index contributed by atoms with van der Waals surface area (Å²) in [4.78, 5) is 18.1. The first-order chi connectivity index (χ1) is 17.3. The van der Waals surface area contributed by atoms with Crippen LogP contribution in [0.15, 0.2) is 140 Å². The van der Waals surface area contributed by atoms with Gasteiger partial charge in [-0.25, -0.2) is 0 Å². The van der Waals surface area contributed by atoms with Crippen molar-refractivity contribution in [2.45, 2.75) is 6.17 Å². The molecule has 1 heterocycles.